The number of nitrogens with zero attached hydrogens (tertiary/aromatic N) is 2. The van der Waals surface area contributed by atoms with E-state index in [-0.39, 0.29) is 5.82 Å². The SMILES string of the molecule is Nc1ccn([C@@H]2O[C@H](COP(=O)(O)O)[C@](O)(C(=O)O)[C@H]2O)c(=O)n1. The number of carboxylic acids is 1. The molecule has 14 heteroatoms. The average molecular weight is 367 g/mol. The van der Waals surface area contributed by atoms with Crippen LogP contribution in [0.5, 0.6) is 0 Å². The highest BCUT2D eigenvalue weighted by Crippen LogP contribution is 2.41. The van der Waals surface area contributed by atoms with E-state index < -0.39 is 50.1 Å². The highest BCUT2D eigenvalue weighted by atomic mass is 31.2. The Morgan fingerprint density at radius 1 is 1.54 bits per heavy atom. The summed E-state index contributed by atoms with van der Waals surface area (Å²) in [7, 11) is -5.00. The van der Waals surface area contributed by atoms with Crippen molar-refractivity contribution in [1.29, 1.82) is 0 Å². The second kappa shape index (κ2) is 6.22. The highest BCUT2D eigenvalue weighted by Gasteiger charge is 2.62. The Bertz CT molecular complexity index is 747. The maximum Gasteiger partial charge on any atom is 0.469 e. The normalized spacial score (nSPS) is 30.4. The van der Waals surface area contributed by atoms with Crippen molar-refractivity contribution in [1.82, 2.24) is 9.55 Å². The van der Waals surface area contributed by atoms with Gasteiger partial charge in [0.15, 0.2) is 6.23 Å². The van der Waals surface area contributed by atoms with E-state index >= 15 is 0 Å². The van der Waals surface area contributed by atoms with Crippen LogP contribution in [-0.4, -0.2) is 65.0 Å². The summed E-state index contributed by atoms with van der Waals surface area (Å²) in [6, 6.07) is 1.16. The summed E-state index contributed by atoms with van der Waals surface area (Å²) >= 11 is 0. The van der Waals surface area contributed by atoms with Gasteiger partial charge >= 0.3 is 19.5 Å². The largest absolute Gasteiger partial charge is 0.479 e. The van der Waals surface area contributed by atoms with Crippen LogP contribution in [0.3, 0.4) is 0 Å². The maximum atomic E-state index is 11.8. The molecule has 0 bridgehead atoms. The van der Waals surface area contributed by atoms with Gasteiger partial charge in [-0.2, -0.15) is 4.98 Å². The Kier molecular flexibility index (Phi) is 4.79. The highest BCUT2D eigenvalue weighted by molar-refractivity contribution is 7.46. The molecule has 0 unspecified atom stereocenters. The molecule has 2 heterocycles. The number of aromatic nitrogens is 2. The van der Waals surface area contributed by atoms with E-state index in [1.54, 1.807) is 0 Å². The number of nitrogens with two attached hydrogens (primary N) is 1. The molecule has 0 radical (unpaired) electrons. The fraction of sp³-hybridized carbons (Fsp3) is 0.500. The monoisotopic (exact) mass is 367 g/mol. The molecule has 0 aliphatic carbocycles. The standard InChI is InChI=1S/C10H14N3O10P/c11-5-1-2-13(9(17)12-5)7-6(14)10(18,8(15)16)4(23-7)3-22-24(19,20)21/h1-2,4,6-7,14,18H,3H2,(H,15,16)(H2,11,12,17)(H2,19,20,21)/t4-,6+,7-,10-/m1/s1. The van der Waals surface area contributed by atoms with E-state index in [2.05, 4.69) is 9.51 Å². The second-order valence-electron chi connectivity index (χ2n) is 4.92. The molecular weight excluding hydrogens is 353 g/mol. The van der Waals surface area contributed by atoms with Crippen LogP contribution < -0.4 is 11.4 Å². The molecule has 24 heavy (non-hydrogen) atoms. The smallest absolute Gasteiger partial charge is 0.469 e. The third kappa shape index (κ3) is 3.32. The van der Waals surface area contributed by atoms with Crippen LogP contribution in [0.15, 0.2) is 17.1 Å². The number of aliphatic hydroxyl groups excluding tert-OH is 1. The first-order valence-corrected chi connectivity index (χ1v) is 7.84. The summed E-state index contributed by atoms with van der Waals surface area (Å²) in [4.78, 5) is 43.8. The molecular formula is C10H14N3O10P. The number of carbonyl (C=O) groups is 1. The van der Waals surface area contributed by atoms with Gasteiger partial charge < -0.3 is 35.6 Å². The number of aliphatic hydroxyl groups is 2. The van der Waals surface area contributed by atoms with Crippen molar-refractivity contribution in [3.05, 3.63) is 22.7 Å². The van der Waals surface area contributed by atoms with Crippen LogP contribution in [-0.2, 0) is 18.6 Å². The van der Waals surface area contributed by atoms with E-state index in [1.807, 2.05) is 0 Å². The Labute approximate surface area is 133 Å². The summed E-state index contributed by atoms with van der Waals surface area (Å²) < 4.78 is 20.6. The van der Waals surface area contributed by atoms with Gasteiger partial charge in [-0.3, -0.25) is 9.09 Å². The molecule has 13 nitrogen and oxygen atoms in total. The lowest BCUT2D eigenvalue weighted by molar-refractivity contribution is -0.175. The number of aliphatic carboxylic acids is 1. The van der Waals surface area contributed by atoms with Crippen molar-refractivity contribution in [2.75, 3.05) is 12.3 Å². The molecule has 0 spiro atoms. The van der Waals surface area contributed by atoms with Crippen LogP contribution in [0, 0.1) is 0 Å². The van der Waals surface area contributed by atoms with Crippen LogP contribution in [0.1, 0.15) is 6.23 Å². The van der Waals surface area contributed by atoms with Crippen LogP contribution in [0.2, 0.25) is 0 Å². The van der Waals surface area contributed by atoms with E-state index in [9.17, 15) is 24.4 Å². The predicted octanol–water partition coefficient (Wildman–Crippen LogP) is -2.99. The quantitative estimate of drug-likeness (QED) is 0.287. The minimum Gasteiger partial charge on any atom is -0.479 e. The van der Waals surface area contributed by atoms with Gasteiger partial charge in [0.2, 0.25) is 5.60 Å². The number of nitrogen functional groups attached to an aromatic ring is 1. The zero-order valence-corrected chi connectivity index (χ0v) is 12.7. The third-order valence-corrected chi connectivity index (χ3v) is 3.86. The molecule has 0 aromatic carbocycles. The topological polar surface area (TPSA) is 215 Å². The van der Waals surface area contributed by atoms with Gasteiger partial charge in [-0.05, 0) is 6.07 Å². The Balaban J connectivity index is 2.38. The fourth-order valence-electron chi connectivity index (χ4n) is 2.19. The number of ether oxygens (including phenoxy) is 1. The summed E-state index contributed by atoms with van der Waals surface area (Å²) in [5.74, 6) is -2.08. The number of hydrogen-bond donors (Lipinski definition) is 6. The van der Waals surface area contributed by atoms with Crippen molar-refractivity contribution < 1.29 is 43.7 Å². The van der Waals surface area contributed by atoms with E-state index in [0.717, 1.165) is 12.3 Å². The second-order valence-corrected chi connectivity index (χ2v) is 6.16. The Morgan fingerprint density at radius 3 is 2.67 bits per heavy atom. The van der Waals surface area contributed by atoms with Crippen molar-refractivity contribution in [2.45, 2.75) is 24.0 Å². The lowest BCUT2D eigenvalue weighted by Crippen LogP contribution is -2.55. The molecule has 1 fully saturated rings. The minimum atomic E-state index is -5.00. The molecule has 1 aromatic heterocycles. The van der Waals surface area contributed by atoms with Crippen molar-refractivity contribution in [3.8, 4) is 0 Å². The molecule has 4 atom stereocenters. The van der Waals surface area contributed by atoms with Gasteiger partial charge in [-0.1, -0.05) is 0 Å². The van der Waals surface area contributed by atoms with E-state index in [1.165, 1.54) is 0 Å². The number of carboxylic acid groups (broad SMARTS) is 1. The first-order valence-electron chi connectivity index (χ1n) is 6.31. The molecule has 1 aliphatic rings. The molecule has 1 aromatic rings. The third-order valence-electron chi connectivity index (χ3n) is 3.38. The molecule has 1 aliphatic heterocycles. The summed E-state index contributed by atoms with van der Waals surface area (Å²) in [6.07, 6.45) is -4.69. The zero-order chi connectivity index (χ0) is 18.3. The Morgan fingerprint density at radius 2 is 2.17 bits per heavy atom. The number of rotatable bonds is 5. The molecule has 7 N–H and O–H groups in total. The molecule has 1 saturated heterocycles. The lowest BCUT2D eigenvalue weighted by atomic mass is 9.92. The predicted molar refractivity (Wildman–Crippen MR) is 73.4 cm³/mol. The van der Waals surface area contributed by atoms with E-state index in [0.29, 0.717) is 4.57 Å². The molecule has 134 valence electrons. The van der Waals surface area contributed by atoms with E-state index in [4.69, 9.17) is 25.4 Å². The number of phosphoric ester groups is 1. The first kappa shape index (κ1) is 18.5. The summed E-state index contributed by atoms with van der Waals surface area (Å²) in [6.45, 7) is -1.06. The minimum absolute atomic E-state index is 0.140. The summed E-state index contributed by atoms with van der Waals surface area (Å²) in [5.41, 5.74) is 1.32. The van der Waals surface area contributed by atoms with Crippen LogP contribution >= 0.6 is 7.82 Å². The van der Waals surface area contributed by atoms with Gasteiger partial charge in [0.05, 0.1) is 6.61 Å². The summed E-state index contributed by atoms with van der Waals surface area (Å²) in [5, 5.41) is 29.5. The average Bonchev–Trinajstić information content (AvgIpc) is 2.70. The Hall–Kier alpha value is -1.86. The number of hydrogen-bond acceptors (Lipinski definition) is 9. The first-order chi connectivity index (χ1) is 11.0. The molecule has 0 amide bonds. The maximum absolute atomic E-state index is 11.8. The van der Waals surface area contributed by atoms with Gasteiger partial charge in [0, 0.05) is 6.20 Å². The zero-order valence-electron chi connectivity index (χ0n) is 11.8. The lowest BCUT2D eigenvalue weighted by Gasteiger charge is -2.26. The van der Waals surface area contributed by atoms with Gasteiger partial charge in [0.25, 0.3) is 0 Å². The van der Waals surface area contributed by atoms with Gasteiger partial charge in [0.1, 0.15) is 18.0 Å². The van der Waals surface area contributed by atoms with Gasteiger partial charge in [-0.15, -0.1) is 0 Å². The van der Waals surface area contributed by atoms with Crippen LogP contribution in [0.4, 0.5) is 5.82 Å². The number of anilines is 1. The van der Waals surface area contributed by atoms with Crippen LogP contribution in [0.25, 0.3) is 0 Å². The number of phosphoric acid groups is 1. The fourth-order valence-corrected chi connectivity index (χ4v) is 2.52. The van der Waals surface area contributed by atoms with Crippen molar-refractivity contribution in [2.24, 2.45) is 0 Å². The van der Waals surface area contributed by atoms with Gasteiger partial charge in [-0.25, -0.2) is 14.2 Å². The van der Waals surface area contributed by atoms with Crippen molar-refractivity contribution in [3.63, 3.8) is 0 Å². The molecule has 2 rings (SSSR count). The molecule has 0 saturated carbocycles. The van der Waals surface area contributed by atoms with Crippen molar-refractivity contribution >= 4 is 19.6 Å².